The number of amides is 3. The topological polar surface area (TPSA) is 132 Å². The van der Waals surface area contributed by atoms with Gasteiger partial charge >= 0.3 is 6.09 Å². The number of carbonyl (C=O) groups excluding carboxylic acids is 3. The van der Waals surface area contributed by atoms with Gasteiger partial charge in [-0.15, -0.1) is 0 Å². The van der Waals surface area contributed by atoms with E-state index in [1.807, 2.05) is 23.1 Å². The Kier molecular flexibility index (Phi) is 12.7. The molecule has 12 nitrogen and oxygen atoms in total. The maximum Gasteiger partial charge on any atom is 0.407 e. The van der Waals surface area contributed by atoms with Crippen LogP contribution in [0.2, 0.25) is 0 Å². The number of likely N-dealkylation sites (tertiary alicyclic amines) is 3. The highest BCUT2D eigenvalue weighted by Gasteiger charge is 2.52. The van der Waals surface area contributed by atoms with Crippen LogP contribution < -0.4 is 15.5 Å². The van der Waals surface area contributed by atoms with Crippen LogP contribution in [0.15, 0.2) is 47.4 Å². The van der Waals surface area contributed by atoms with Crippen LogP contribution in [0, 0.1) is 35.4 Å². The first-order valence-electron chi connectivity index (χ1n) is 20.6. The molecule has 0 spiro atoms. The van der Waals surface area contributed by atoms with Crippen molar-refractivity contribution in [1.29, 1.82) is 0 Å². The van der Waals surface area contributed by atoms with Crippen molar-refractivity contribution >= 4 is 33.4 Å². The molecule has 4 heterocycles. The zero-order valence-corrected chi connectivity index (χ0v) is 34.5. The number of benzene rings is 2. The minimum atomic E-state index is -3.73. The van der Waals surface area contributed by atoms with E-state index in [1.54, 1.807) is 25.1 Å². The van der Waals surface area contributed by atoms with Gasteiger partial charge in [0.15, 0.2) is 9.84 Å². The molecular formula is C43H56F2N6O6S. The average molecular weight is 823 g/mol. The van der Waals surface area contributed by atoms with Crippen molar-refractivity contribution in [3.63, 3.8) is 0 Å². The van der Waals surface area contributed by atoms with Crippen molar-refractivity contribution in [2.45, 2.75) is 80.3 Å². The number of hydrogen-bond donors (Lipinski definition) is 2. The zero-order valence-electron chi connectivity index (χ0n) is 33.7. The lowest BCUT2D eigenvalue weighted by molar-refractivity contribution is -0.128. The predicted molar refractivity (Wildman–Crippen MR) is 216 cm³/mol. The SMILES string of the molecule is CC#CC(=O)N1CC(S(=O)(=O)c2ccc(N3CC(CN4CCC([C@@](CNC(C)=O)(c5cccc(F)c5)[C@H]5CCC[C@@H]5NC(=O)OC)CC4)C3)cc2CN2CC(F)C2)C1. The fourth-order valence-electron chi connectivity index (χ4n) is 10.2. The summed E-state index contributed by atoms with van der Waals surface area (Å²) in [5.74, 6) is 4.69. The second kappa shape index (κ2) is 17.5. The number of methoxy groups -OCH3 is 1. The van der Waals surface area contributed by atoms with Gasteiger partial charge in [0.25, 0.3) is 5.91 Å². The Balaban J connectivity index is 1.02. The van der Waals surface area contributed by atoms with Gasteiger partial charge in [-0.1, -0.05) is 24.5 Å². The van der Waals surface area contributed by atoms with Crippen LogP contribution in [0.5, 0.6) is 0 Å². The van der Waals surface area contributed by atoms with Gasteiger partial charge in [-0.2, -0.15) is 0 Å². The summed E-state index contributed by atoms with van der Waals surface area (Å²) in [5, 5.41) is 5.47. The molecule has 5 fully saturated rings. The smallest absolute Gasteiger partial charge is 0.407 e. The molecule has 0 unspecified atom stereocenters. The van der Waals surface area contributed by atoms with Crippen LogP contribution in [-0.4, -0.2) is 131 Å². The molecule has 3 amide bonds. The van der Waals surface area contributed by atoms with Crippen molar-refractivity contribution in [3.8, 4) is 11.8 Å². The van der Waals surface area contributed by atoms with E-state index in [9.17, 15) is 31.6 Å². The number of hydrogen-bond acceptors (Lipinski definition) is 9. The second-order valence-corrected chi connectivity index (χ2v) is 19.1. The van der Waals surface area contributed by atoms with E-state index in [4.69, 9.17) is 4.74 Å². The number of rotatable bonds is 13. The van der Waals surface area contributed by atoms with E-state index >= 15 is 0 Å². The minimum Gasteiger partial charge on any atom is -0.453 e. The highest BCUT2D eigenvalue weighted by atomic mass is 32.2. The number of nitrogens with one attached hydrogen (secondary N) is 2. The third-order valence-corrected chi connectivity index (χ3v) is 15.5. The number of sulfone groups is 1. The van der Waals surface area contributed by atoms with Crippen LogP contribution >= 0.6 is 0 Å². The first-order valence-corrected chi connectivity index (χ1v) is 22.1. The van der Waals surface area contributed by atoms with Crippen LogP contribution in [0.4, 0.5) is 19.3 Å². The van der Waals surface area contributed by atoms with E-state index in [0.717, 1.165) is 76.1 Å². The van der Waals surface area contributed by atoms with Crippen molar-refractivity contribution in [2.75, 3.05) is 77.5 Å². The zero-order chi connectivity index (χ0) is 41.2. The molecule has 4 aliphatic heterocycles. The third kappa shape index (κ3) is 8.70. The lowest BCUT2D eigenvalue weighted by atomic mass is 9.58. The van der Waals surface area contributed by atoms with Crippen molar-refractivity contribution in [3.05, 3.63) is 59.4 Å². The molecule has 58 heavy (non-hydrogen) atoms. The summed E-state index contributed by atoms with van der Waals surface area (Å²) >= 11 is 0. The first-order chi connectivity index (χ1) is 27.8. The quantitative estimate of drug-likeness (QED) is 0.291. The van der Waals surface area contributed by atoms with Gasteiger partial charge in [0.05, 0.1) is 12.0 Å². The van der Waals surface area contributed by atoms with Gasteiger partial charge in [0, 0.05) is 88.9 Å². The molecule has 1 aliphatic carbocycles. The van der Waals surface area contributed by atoms with E-state index in [1.165, 1.54) is 25.0 Å². The van der Waals surface area contributed by atoms with Gasteiger partial charge in [-0.05, 0) is 105 Å². The molecule has 314 valence electrons. The highest BCUT2D eigenvalue weighted by Crippen LogP contribution is 2.50. The Morgan fingerprint density at radius 1 is 0.966 bits per heavy atom. The summed E-state index contributed by atoms with van der Waals surface area (Å²) in [7, 11) is -2.38. The normalized spacial score (nSPS) is 23.5. The lowest BCUT2D eigenvalue weighted by Gasteiger charge is -2.51. The fraction of sp³-hybridized carbons (Fsp3) is 0.605. The van der Waals surface area contributed by atoms with Crippen molar-refractivity contribution in [2.24, 2.45) is 17.8 Å². The number of alkyl halides is 1. The summed E-state index contributed by atoms with van der Waals surface area (Å²) in [6, 6.07) is 12.1. The Hall–Kier alpha value is -4.26. The summed E-state index contributed by atoms with van der Waals surface area (Å²) in [4.78, 5) is 45.4. The van der Waals surface area contributed by atoms with Gasteiger partial charge in [0.2, 0.25) is 5.91 Å². The van der Waals surface area contributed by atoms with E-state index in [0.29, 0.717) is 24.6 Å². The fourth-order valence-corrected chi connectivity index (χ4v) is 12.1. The third-order valence-electron chi connectivity index (χ3n) is 13.3. The number of piperidine rings is 1. The minimum absolute atomic E-state index is 0.0315. The Labute approximate surface area is 340 Å². The number of nitrogens with zero attached hydrogens (tertiary/aromatic N) is 4. The monoisotopic (exact) mass is 822 g/mol. The molecule has 2 N–H and O–H groups in total. The van der Waals surface area contributed by atoms with Crippen LogP contribution in [0.1, 0.15) is 57.1 Å². The number of anilines is 1. The van der Waals surface area contributed by atoms with Gasteiger partial charge in [-0.25, -0.2) is 22.0 Å². The predicted octanol–water partition coefficient (Wildman–Crippen LogP) is 3.73. The number of alkyl carbamates (subject to hydrolysis) is 1. The van der Waals surface area contributed by atoms with Gasteiger partial charge in [-0.3, -0.25) is 14.5 Å². The molecule has 7 rings (SSSR count). The van der Waals surface area contributed by atoms with Gasteiger partial charge in [0.1, 0.15) is 17.2 Å². The summed E-state index contributed by atoms with van der Waals surface area (Å²) in [5.41, 5.74) is 1.84. The second-order valence-electron chi connectivity index (χ2n) is 16.9. The molecule has 2 aromatic carbocycles. The lowest BCUT2D eigenvalue weighted by Crippen LogP contribution is -2.58. The summed E-state index contributed by atoms with van der Waals surface area (Å²) in [6.07, 6.45) is 2.82. The maximum atomic E-state index is 15.0. The highest BCUT2D eigenvalue weighted by molar-refractivity contribution is 7.92. The largest absolute Gasteiger partial charge is 0.453 e. The van der Waals surface area contributed by atoms with E-state index < -0.39 is 32.8 Å². The first kappa shape index (κ1) is 41.9. The molecule has 15 heteroatoms. The molecule has 1 saturated carbocycles. The number of ether oxygens (including phenoxy) is 1. The molecule has 0 bridgehead atoms. The van der Waals surface area contributed by atoms with Gasteiger partial charge < -0.3 is 30.1 Å². The molecule has 0 radical (unpaired) electrons. The van der Waals surface area contributed by atoms with Crippen molar-refractivity contribution in [1.82, 2.24) is 25.3 Å². The Morgan fingerprint density at radius 3 is 2.36 bits per heavy atom. The maximum absolute atomic E-state index is 15.0. The Morgan fingerprint density at radius 2 is 1.71 bits per heavy atom. The molecule has 0 aromatic heterocycles. The molecular weight excluding hydrogens is 767 g/mol. The standard InChI is InChI=1S/C43H56F2N6O6S/c1-4-7-41(53)51-26-37(27-51)58(55,56)40-13-12-36(18-31(40)23-49-24-35(45)25-49)50-21-30(22-50)20-48-16-14-32(15-17-48)43(28-46-29(2)52,33-8-5-9-34(44)19-33)38-10-6-11-39(38)47-42(54)57-3/h5,8-9,12-13,18-19,30,32,35,37-39H,6,10-11,14-17,20-28H2,1-3H3,(H,46,52)(H,47,54)/t38-,39-,43-/m0/s1. The summed E-state index contributed by atoms with van der Waals surface area (Å²) in [6.45, 7) is 8.74. The Bertz CT molecular complexity index is 2020. The van der Waals surface area contributed by atoms with E-state index in [-0.39, 0.29) is 66.6 Å². The summed E-state index contributed by atoms with van der Waals surface area (Å²) < 4.78 is 61.3. The van der Waals surface area contributed by atoms with E-state index in [2.05, 4.69) is 32.3 Å². The van der Waals surface area contributed by atoms with Crippen LogP contribution in [0.25, 0.3) is 0 Å². The van der Waals surface area contributed by atoms with Crippen LogP contribution in [-0.2, 0) is 36.1 Å². The number of carbonyl (C=O) groups is 3. The number of halogens is 2. The van der Waals surface area contributed by atoms with Crippen molar-refractivity contribution < 1.29 is 36.3 Å². The molecule has 2 aromatic rings. The molecule has 3 atom stereocenters. The van der Waals surface area contributed by atoms with Crippen LogP contribution in [0.3, 0.4) is 0 Å². The molecule has 4 saturated heterocycles. The molecule has 5 aliphatic rings. The average Bonchev–Trinajstić information content (AvgIpc) is 3.60.